The van der Waals surface area contributed by atoms with E-state index in [4.69, 9.17) is 21.1 Å². The SMILES string of the molecule is COc1cc2c(cc1OCCN(C)C)N(C(=O)/C=C/c1ccccc1Cl)CC2. The third-order valence-corrected chi connectivity index (χ3v) is 4.98. The minimum Gasteiger partial charge on any atom is -0.493 e. The summed E-state index contributed by atoms with van der Waals surface area (Å²) < 4.78 is 11.4. The summed E-state index contributed by atoms with van der Waals surface area (Å²) in [6, 6.07) is 11.3. The average Bonchev–Trinajstić information content (AvgIpc) is 3.09. The Labute approximate surface area is 171 Å². The summed E-state index contributed by atoms with van der Waals surface area (Å²) in [6.07, 6.45) is 4.10. The van der Waals surface area contributed by atoms with Gasteiger partial charge in [-0.1, -0.05) is 29.8 Å². The van der Waals surface area contributed by atoms with Gasteiger partial charge in [-0.25, -0.2) is 0 Å². The molecule has 2 aromatic carbocycles. The topological polar surface area (TPSA) is 42.0 Å². The molecular weight excluding hydrogens is 376 g/mol. The fourth-order valence-electron chi connectivity index (χ4n) is 3.10. The highest BCUT2D eigenvalue weighted by molar-refractivity contribution is 6.32. The molecule has 148 valence electrons. The van der Waals surface area contributed by atoms with Gasteiger partial charge >= 0.3 is 0 Å². The van der Waals surface area contributed by atoms with E-state index in [2.05, 4.69) is 4.90 Å². The molecule has 0 saturated heterocycles. The van der Waals surface area contributed by atoms with Crippen molar-refractivity contribution in [1.82, 2.24) is 4.90 Å². The summed E-state index contributed by atoms with van der Waals surface area (Å²) in [5, 5.41) is 0.620. The van der Waals surface area contributed by atoms with Crippen molar-refractivity contribution >= 4 is 29.3 Å². The quantitative estimate of drug-likeness (QED) is 0.661. The number of carbonyl (C=O) groups is 1. The van der Waals surface area contributed by atoms with Crippen LogP contribution in [-0.4, -0.2) is 51.7 Å². The summed E-state index contributed by atoms with van der Waals surface area (Å²) >= 11 is 6.16. The van der Waals surface area contributed by atoms with Crippen molar-refractivity contribution in [2.45, 2.75) is 6.42 Å². The van der Waals surface area contributed by atoms with Gasteiger partial charge in [0.15, 0.2) is 11.5 Å². The summed E-state index contributed by atoms with van der Waals surface area (Å²) in [4.78, 5) is 16.6. The summed E-state index contributed by atoms with van der Waals surface area (Å²) in [6.45, 7) is 1.97. The number of fused-ring (bicyclic) bond motifs is 1. The van der Waals surface area contributed by atoms with E-state index < -0.39 is 0 Å². The standard InChI is InChI=1S/C22H25ClN2O3/c1-24(2)12-13-28-21-15-19-17(14-20(21)27-3)10-11-25(19)22(26)9-8-16-6-4-5-7-18(16)23/h4-9,14-15H,10-13H2,1-3H3/b9-8+. The zero-order chi connectivity index (χ0) is 20.1. The molecule has 1 aliphatic rings. The minimum absolute atomic E-state index is 0.0805. The zero-order valence-electron chi connectivity index (χ0n) is 16.4. The van der Waals surface area contributed by atoms with Crippen molar-refractivity contribution in [1.29, 1.82) is 0 Å². The monoisotopic (exact) mass is 400 g/mol. The van der Waals surface area contributed by atoms with Gasteiger partial charge in [-0.3, -0.25) is 4.79 Å². The molecule has 0 N–H and O–H groups in total. The number of nitrogens with zero attached hydrogens (tertiary/aromatic N) is 2. The lowest BCUT2D eigenvalue weighted by Crippen LogP contribution is -2.27. The Kier molecular flexibility index (Phi) is 6.60. The number of halogens is 1. The molecule has 0 saturated carbocycles. The molecule has 3 rings (SSSR count). The summed E-state index contributed by atoms with van der Waals surface area (Å²) in [5.41, 5.74) is 2.77. The lowest BCUT2D eigenvalue weighted by atomic mass is 10.1. The number of ether oxygens (including phenoxy) is 2. The molecule has 0 atom stereocenters. The van der Waals surface area contributed by atoms with E-state index >= 15 is 0 Å². The van der Waals surface area contributed by atoms with Gasteiger partial charge in [-0.15, -0.1) is 0 Å². The molecule has 0 aromatic heterocycles. The third-order valence-electron chi connectivity index (χ3n) is 4.63. The Balaban J connectivity index is 1.79. The number of amides is 1. The average molecular weight is 401 g/mol. The van der Waals surface area contributed by atoms with Gasteiger partial charge in [0.05, 0.1) is 12.8 Å². The smallest absolute Gasteiger partial charge is 0.251 e. The van der Waals surface area contributed by atoms with Crippen LogP contribution in [0.4, 0.5) is 5.69 Å². The molecule has 5 nitrogen and oxygen atoms in total. The van der Waals surface area contributed by atoms with Crippen LogP contribution in [0.5, 0.6) is 11.5 Å². The number of benzene rings is 2. The number of likely N-dealkylation sites (N-methyl/N-ethyl adjacent to an activating group) is 1. The first kappa shape index (κ1) is 20.2. The molecule has 1 aliphatic heterocycles. The predicted octanol–water partition coefficient (Wildman–Crippen LogP) is 3.89. The lowest BCUT2D eigenvalue weighted by Gasteiger charge is -2.18. The first-order valence-electron chi connectivity index (χ1n) is 9.22. The summed E-state index contributed by atoms with van der Waals surface area (Å²) in [5.74, 6) is 1.26. The number of hydrogen-bond acceptors (Lipinski definition) is 4. The fourth-order valence-corrected chi connectivity index (χ4v) is 3.29. The van der Waals surface area contributed by atoms with Gasteiger partial charge in [0.1, 0.15) is 6.61 Å². The number of rotatable bonds is 7. The molecule has 2 aromatic rings. The maximum atomic E-state index is 12.8. The molecule has 0 bridgehead atoms. The van der Waals surface area contributed by atoms with Crippen LogP contribution in [0.1, 0.15) is 11.1 Å². The van der Waals surface area contributed by atoms with Gasteiger partial charge < -0.3 is 19.3 Å². The number of hydrogen-bond donors (Lipinski definition) is 0. The van der Waals surface area contributed by atoms with E-state index in [-0.39, 0.29) is 5.91 Å². The van der Waals surface area contributed by atoms with E-state index in [9.17, 15) is 4.79 Å². The Morgan fingerprint density at radius 3 is 2.75 bits per heavy atom. The highest BCUT2D eigenvalue weighted by Crippen LogP contribution is 2.39. The zero-order valence-corrected chi connectivity index (χ0v) is 17.2. The Hall–Kier alpha value is -2.50. The van der Waals surface area contributed by atoms with Crippen LogP contribution in [0.25, 0.3) is 6.08 Å². The largest absolute Gasteiger partial charge is 0.493 e. The molecule has 0 unspecified atom stereocenters. The molecule has 0 spiro atoms. The van der Waals surface area contributed by atoms with Crippen molar-refractivity contribution in [3.8, 4) is 11.5 Å². The molecule has 0 radical (unpaired) electrons. The second-order valence-electron chi connectivity index (χ2n) is 6.88. The Morgan fingerprint density at radius 2 is 2.04 bits per heavy atom. The van der Waals surface area contributed by atoms with Crippen LogP contribution in [0.3, 0.4) is 0 Å². The predicted molar refractivity (Wildman–Crippen MR) is 114 cm³/mol. The van der Waals surface area contributed by atoms with E-state index in [0.717, 1.165) is 29.8 Å². The van der Waals surface area contributed by atoms with Crippen molar-refractivity contribution < 1.29 is 14.3 Å². The first-order chi connectivity index (χ1) is 13.5. The Morgan fingerprint density at radius 1 is 1.25 bits per heavy atom. The maximum absolute atomic E-state index is 12.8. The van der Waals surface area contributed by atoms with Crippen LogP contribution >= 0.6 is 11.6 Å². The van der Waals surface area contributed by atoms with Gasteiger partial charge in [-0.2, -0.15) is 0 Å². The number of methoxy groups -OCH3 is 1. The molecule has 1 amide bonds. The lowest BCUT2D eigenvalue weighted by molar-refractivity contribution is -0.114. The van der Waals surface area contributed by atoms with Gasteiger partial charge in [0.25, 0.3) is 5.91 Å². The summed E-state index contributed by atoms with van der Waals surface area (Å²) in [7, 11) is 5.62. The molecular formula is C22H25ClN2O3. The van der Waals surface area contributed by atoms with E-state index in [1.165, 1.54) is 0 Å². The fraction of sp³-hybridized carbons (Fsp3) is 0.318. The van der Waals surface area contributed by atoms with E-state index in [1.54, 1.807) is 30.2 Å². The van der Waals surface area contributed by atoms with Crippen molar-refractivity contribution in [2.75, 3.05) is 45.8 Å². The van der Waals surface area contributed by atoms with Crippen molar-refractivity contribution in [3.05, 3.63) is 58.6 Å². The Bertz CT molecular complexity index is 880. The molecule has 0 fully saturated rings. The second kappa shape index (κ2) is 9.13. The number of carbonyl (C=O) groups excluding carboxylic acids is 1. The van der Waals surface area contributed by atoms with Gasteiger partial charge in [-0.05, 0) is 49.9 Å². The molecule has 0 aliphatic carbocycles. The van der Waals surface area contributed by atoms with Crippen molar-refractivity contribution in [3.63, 3.8) is 0 Å². The number of anilines is 1. The normalized spacial score (nSPS) is 13.2. The van der Waals surface area contributed by atoms with Crippen LogP contribution < -0.4 is 14.4 Å². The van der Waals surface area contributed by atoms with Gasteiger partial charge in [0, 0.05) is 30.3 Å². The van der Waals surface area contributed by atoms with E-state index in [0.29, 0.717) is 29.7 Å². The molecule has 6 heteroatoms. The van der Waals surface area contributed by atoms with Gasteiger partial charge in [0.2, 0.25) is 0 Å². The highest BCUT2D eigenvalue weighted by atomic mass is 35.5. The maximum Gasteiger partial charge on any atom is 0.251 e. The minimum atomic E-state index is -0.0805. The third kappa shape index (κ3) is 4.66. The van der Waals surface area contributed by atoms with Crippen LogP contribution in [0.15, 0.2) is 42.5 Å². The highest BCUT2D eigenvalue weighted by Gasteiger charge is 2.26. The van der Waals surface area contributed by atoms with Crippen LogP contribution in [0, 0.1) is 0 Å². The van der Waals surface area contributed by atoms with Crippen LogP contribution in [0.2, 0.25) is 5.02 Å². The molecule has 28 heavy (non-hydrogen) atoms. The van der Waals surface area contributed by atoms with E-state index in [1.807, 2.05) is 44.4 Å². The first-order valence-corrected chi connectivity index (χ1v) is 9.60. The molecule has 1 heterocycles. The van der Waals surface area contributed by atoms with Crippen LogP contribution in [-0.2, 0) is 11.2 Å². The second-order valence-corrected chi connectivity index (χ2v) is 7.29. The van der Waals surface area contributed by atoms with Crippen molar-refractivity contribution in [2.24, 2.45) is 0 Å².